The van der Waals surface area contributed by atoms with Crippen LogP contribution in [0.2, 0.25) is 5.02 Å². The molecule has 4 rings (SSSR count). The molecule has 3 amide bonds. The van der Waals surface area contributed by atoms with Crippen molar-refractivity contribution in [1.29, 1.82) is 0 Å². The molecule has 2 saturated heterocycles. The SMILES string of the molecule is CC[C@H](C)N1C(=O)[C@@H]2[C@H](CCC(=O)O)N[C@]3(C(=O)Nc4ccc(Cl)cc43)[C@@H]2C1=O. The third-order valence-corrected chi connectivity index (χ3v) is 6.65. The molecule has 1 aromatic rings. The molecule has 3 heterocycles. The number of imide groups is 1. The van der Waals surface area contributed by atoms with Crippen LogP contribution < -0.4 is 10.6 Å². The van der Waals surface area contributed by atoms with Gasteiger partial charge in [0.25, 0.3) is 0 Å². The normalized spacial score (nSPS) is 31.2. The van der Waals surface area contributed by atoms with Crippen LogP contribution in [0.3, 0.4) is 0 Å². The minimum absolute atomic E-state index is 0.134. The van der Waals surface area contributed by atoms with Crippen LogP contribution in [0.5, 0.6) is 0 Å². The first-order valence-electron chi connectivity index (χ1n) is 9.70. The van der Waals surface area contributed by atoms with E-state index in [-0.39, 0.29) is 24.8 Å². The Labute approximate surface area is 172 Å². The highest BCUT2D eigenvalue weighted by Crippen LogP contribution is 2.54. The van der Waals surface area contributed by atoms with Gasteiger partial charge in [-0.2, -0.15) is 0 Å². The zero-order valence-electron chi connectivity index (χ0n) is 16.1. The molecule has 29 heavy (non-hydrogen) atoms. The number of anilines is 1. The Morgan fingerprint density at radius 2 is 2.03 bits per heavy atom. The van der Waals surface area contributed by atoms with E-state index in [0.29, 0.717) is 22.7 Å². The first-order chi connectivity index (χ1) is 13.7. The summed E-state index contributed by atoms with van der Waals surface area (Å²) < 4.78 is 0. The number of rotatable bonds is 5. The smallest absolute Gasteiger partial charge is 0.303 e. The average Bonchev–Trinajstić information content (AvgIpc) is 3.25. The van der Waals surface area contributed by atoms with Crippen molar-refractivity contribution < 1.29 is 24.3 Å². The third kappa shape index (κ3) is 2.69. The van der Waals surface area contributed by atoms with E-state index in [9.17, 15) is 19.2 Å². The van der Waals surface area contributed by atoms with Crippen LogP contribution in [0.4, 0.5) is 5.69 Å². The summed E-state index contributed by atoms with van der Waals surface area (Å²) in [6.45, 7) is 3.68. The maximum absolute atomic E-state index is 13.4. The van der Waals surface area contributed by atoms with E-state index >= 15 is 0 Å². The van der Waals surface area contributed by atoms with Crippen molar-refractivity contribution in [2.24, 2.45) is 11.8 Å². The highest BCUT2D eigenvalue weighted by atomic mass is 35.5. The minimum Gasteiger partial charge on any atom is -0.481 e. The number of nitrogens with zero attached hydrogens (tertiary/aromatic N) is 1. The van der Waals surface area contributed by atoms with Crippen LogP contribution >= 0.6 is 11.6 Å². The fourth-order valence-corrected chi connectivity index (χ4v) is 5.11. The number of amides is 3. The predicted molar refractivity (Wildman–Crippen MR) is 104 cm³/mol. The number of carboxylic acids is 1. The number of carbonyl (C=O) groups is 4. The lowest BCUT2D eigenvalue weighted by Crippen LogP contribution is -2.54. The van der Waals surface area contributed by atoms with Gasteiger partial charge in [-0.1, -0.05) is 18.5 Å². The van der Waals surface area contributed by atoms with Crippen LogP contribution in [0.1, 0.15) is 38.7 Å². The second-order valence-corrected chi connectivity index (χ2v) is 8.38. The van der Waals surface area contributed by atoms with Crippen molar-refractivity contribution in [3.05, 3.63) is 28.8 Å². The van der Waals surface area contributed by atoms with Gasteiger partial charge in [-0.15, -0.1) is 0 Å². The highest BCUT2D eigenvalue weighted by molar-refractivity contribution is 6.31. The Morgan fingerprint density at radius 3 is 2.69 bits per heavy atom. The van der Waals surface area contributed by atoms with Crippen LogP contribution in [-0.2, 0) is 24.7 Å². The maximum Gasteiger partial charge on any atom is 0.303 e. The summed E-state index contributed by atoms with van der Waals surface area (Å²) in [5.74, 6) is -3.91. The zero-order chi connectivity index (χ0) is 21.1. The van der Waals surface area contributed by atoms with Crippen LogP contribution in [-0.4, -0.2) is 45.8 Å². The molecule has 0 saturated carbocycles. The number of likely N-dealkylation sites (tertiary alicyclic amines) is 1. The average molecular weight is 420 g/mol. The molecule has 1 aromatic carbocycles. The maximum atomic E-state index is 13.4. The first-order valence-corrected chi connectivity index (χ1v) is 10.1. The van der Waals surface area contributed by atoms with Gasteiger partial charge < -0.3 is 10.4 Å². The molecule has 0 bridgehead atoms. The molecular formula is C20H22ClN3O5. The molecule has 0 unspecified atom stereocenters. The topological polar surface area (TPSA) is 116 Å². The number of nitrogens with one attached hydrogen (secondary N) is 2. The van der Waals surface area contributed by atoms with Crippen molar-refractivity contribution >= 4 is 41.0 Å². The van der Waals surface area contributed by atoms with E-state index in [0.717, 1.165) is 0 Å². The molecule has 0 aromatic heterocycles. The second kappa shape index (κ2) is 6.81. The standard InChI is InChI=1S/C20H22ClN3O5/c1-3-9(2)24-17(27)15-13(6-7-14(25)26)23-20(16(15)18(24)28)11-8-10(21)4-5-12(11)22-19(20)29/h4-5,8-9,13,15-16,23H,3,6-7H2,1-2H3,(H,22,29)(H,25,26)/t9-,13-,15+,16-,20-/m0/s1. The van der Waals surface area contributed by atoms with Gasteiger partial charge in [-0.3, -0.25) is 29.4 Å². The number of carboxylic acid groups (broad SMARTS) is 1. The molecule has 1 spiro atoms. The molecule has 3 aliphatic rings. The van der Waals surface area contributed by atoms with Crippen LogP contribution in [0.25, 0.3) is 0 Å². The van der Waals surface area contributed by atoms with E-state index in [2.05, 4.69) is 10.6 Å². The molecule has 154 valence electrons. The molecule has 0 radical (unpaired) electrons. The number of aliphatic carboxylic acids is 1. The zero-order valence-corrected chi connectivity index (χ0v) is 16.8. The Balaban J connectivity index is 1.85. The van der Waals surface area contributed by atoms with Gasteiger partial charge in [0.2, 0.25) is 17.7 Å². The lowest BCUT2D eigenvalue weighted by molar-refractivity contribution is -0.145. The lowest BCUT2D eigenvalue weighted by Gasteiger charge is -2.31. The Bertz CT molecular complexity index is 935. The third-order valence-electron chi connectivity index (χ3n) is 6.41. The molecule has 0 aliphatic carbocycles. The van der Waals surface area contributed by atoms with Gasteiger partial charge in [0.15, 0.2) is 0 Å². The summed E-state index contributed by atoms with van der Waals surface area (Å²) in [4.78, 5) is 52.2. The summed E-state index contributed by atoms with van der Waals surface area (Å²) in [6.07, 6.45) is 0.548. The molecule has 2 fully saturated rings. The van der Waals surface area contributed by atoms with Gasteiger partial charge >= 0.3 is 5.97 Å². The van der Waals surface area contributed by atoms with Gasteiger partial charge in [0.05, 0.1) is 11.8 Å². The largest absolute Gasteiger partial charge is 0.481 e. The number of carbonyl (C=O) groups excluding carboxylic acids is 3. The minimum atomic E-state index is -1.44. The lowest BCUT2D eigenvalue weighted by atomic mass is 9.76. The van der Waals surface area contributed by atoms with E-state index in [1.807, 2.05) is 6.92 Å². The Hall–Kier alpha value is -2.45. The quantitative estimate of drug-likeness (QED) is 0.626. The van der Waals surface area contributed by atoms with Crippen molar-refractivity contribution in [2.75, 3.05) is 5.32 Å². The molecular weight excluding hydrogens is 398 g/mol. The number of hydrogen-bond acceptors (Lipinski definition) is 5. The Kier molecular flexibility index (Phi) is 4.66. The van der Waals surface area contributed by atoms with Crippen LogP contribution in [0, 0.1) is 11.8 Å². The van der Waals surface area contributed by atoms with Crippen molar-refractivity contribution in [3.8, 4) is 0 Å². The van der Waals surface area contributed by atoms with Gasteiger partial charge in [0, 0.05) is 34.8 Å². The van der Waals surface area contributed by atoms with E-state index in [1.54, 1.807) is 25.1 Å². The van der Waals surface area contributed by atoms with E-state index in [1.165, 1.54) is 4.90 Å². The number of benzene rings is 1. The summed E-state index contributed by atoms with van der Waals surface area (Å²) >= 11 is 6.17. The van der Waals surface area contributed by atoms with E-state index in [4.69, 9.17) is 16.7 Å². The number of halogens is 1. The fraction of sp³-hybridized carbons (Fsp3) is 0.500. The fourth-order valence-electron chi connectivity index (χ4n) is 4.94. The van der Waals surface area contributed by atoms with Crippen LogP contribution in [0.15, 0.2) is 18.2 Å². The predicted octanol–water partition coefficient (Wildman–Crippen LogP) is 1.72. The second-order valence-electron chi connectivity index (χ2n) is 7.94. The molecule has 3 N–H and O–H groups in total. The monoisotopic (exact) mass is 419 g/mol. The number of hydrogen-bond donors (Lipinski definition) is 3. The van der Waals surface area contributed by atoms with Gasteiger partial charge in [-0.05, 0) is 38.0 Å². The van der Waals surface area contributed by atoms with Gasteiger partial charge in [0.1, 0.15) is 5.54 Å². The van der Waals surface area contributed by atoms with Gasteiger partial charge in [-0.25, -0.2) is 0 Å². The molecule has 5 atom stereocenters. The van der Waals surface area contributed by atoms with Crippen molar-refractivity contribution in [2.45, 2.75) is 50.7 Å². The summed E-state index contributed by atoms with van der Waals surface area (Å²) in [6, 6.07) is 4.01. The van der Waals surface area contributed by atoms with Crippen molar-refractivity contribution in [3.63, 3.8) is 0 Å². The molecule has 9 heteroatoms. The van der Waals surface area contributed by atoms with E-state index < -0.39 is 41.2 Å². The molecule has 8 nitrogen and oxygen atoms in total. The highest BCUT2D eigenvalue weighted by Gasteiger charge is 2.70. The summed E-state index contributed by atoms with van der Waals surface area (Å²) in [5, 5.41) is 15.5. The summed E-state index contributed by atoms with van der Waals surface area (Å²) in [7, 11) is 0. The summed E-state index contributed by atoms with van der Waals surface area (Å²) in [5.41, 5.74) is -0.384. The van der Waals surface area contributed by atoms with Crippen molar-refractivity contribution in [1.82, 2.24) is 10.2 Å². The number of fused-ring (bicyclic) bond motifs is 4. The first kappa shape index (κ1) is 19.8. The Morgan fingerprint density at radius 1 is 1.31 bits per heavy atom. The molecule has 3 aliphatic heterocycles.